The second-order valence-electron chi connectivity index (χ2n) is 6.03. The molecule has 3 heteroatoms. The fourth-order valence-electron chi connectivity index (χ4n) is 2.74. The first-order valence-electron chi connectivity index (χ1n) is 6.93. The van der Waals surface area contributed by atoms with Gasteiger partial charge in [-0.15, -0.1) is 0 Å². The van der Waals surface area contributed by atoms with Crippen molar-refractivity contribution in [2.24, 2.45) is 17.6 Å². The van der Waals surface area contributed by atoms with Crippen molar-refractivity contribution in [1.82, 2.24) is 4.98 Å². The molecule has 2 heterocycles. The lowest BCUT2D eigenvalue weighted by Crippen LogP contribution is -2.22. The SMILES string of the molecule is Cc1cc(CC(C)N)cnc1N1CC(C)C(C)C1. The molecule has 0 amide bonds. The molecule has 1 saturated heterocycles. The Labute approximate surface area is 110 Å². The molecule has 1 aromatic rings. The van der Waals surface area contributed by atoms with Gasteiger partial charge in [0.25, 0.3) is 0 Å². The molecule has 2 rings (SSSR count). The molecule has 2 N–H and O–H groups in total. The summed E-state index contributed by atoms with van der Waals surface area (Å²) in [6.45, 7) is 11.1. The molecule has 0 aliphatic carbocycles. The predicted octanol–water partition coefficient (Wildman–Crippen LogP) is 2.37. The van der Waals surface area contributed by atoms with Crippen LogP contribution in [0.25, 0.3) is 0 Å². The lowest BCUT2D eigenvalue weighted by atomic mass is 10.0. The summed E-state index contributed by atoms with van der Waals surface area (Å²) >= 11 is 0. The smallest absolute Gasteiger partial charge is 0.131 e. The predicted molar refractivity (Wildman–Crippen MR) is 76.9 cm³/mol. The molecule has 1 aliphatic rings. The minimum Gasteiger partial charge on any atom is -0.356 e. The van der Waals surface area contributed by atoms with Crippen LogP contribution in [0.15, 0.2) is 12.3 Å². The molecular weight excluding hydrogens is 222 g/mol. The van der Waals surface area contributed by atoms with E-state index in [1.54, 1.807) is 0 Å². The van der Waals surface area contributed by atoms with E-state index in [0.29, 0.717) is 0 Å². The van der Waals surface area contributed by atoms with Gasteiger partial charge in [-0.3, -0.25) is 0 Å². The van der Waals surface area contributed by atoms with Crippen LogP contribution in [0, 0.1) is 18.8 Å². The topological polar surface area (TPSA) is 42.1 Å². The normalized spacial score (nSPS) is 25.5. The summed E-state index contributed by atoms with van der Waals surface area (Å²) < 4.78 is 0. The average molecular weight is 247 g/mol. The summed E-state index contributed by atoms with van der Waals surface area (Å²) in [7, 11) is 0. The van der Waals surface area contributed by atoms with Crippen LogP contribution in [-0.2, 0) is 6.42 Å². The molecule has 3 nitrogen and oxygen atoms in total. The van der Waals surface area contributed by atoms with Gasteiger partial charge in [-0.2, -0.15) is 0 Å². The first kappa shape index (κ1) is 13.3. The van der Waals surface area contributed by atoms with Crippen molar-refractivity contribution < 1.29 is 0 Å². The molecule has 0 aromatic carbocycles. The van der Waals surface area contributed by atoms with E-state index >= 15 is 0 Å². The molecule has 0 radical (unpaired) electrons. The van der Waals surface area contributed by atoms with Gasteiger partial charge in [0.05, 0.1) is 0 Å². The summed E-state index contributed by atoms with van der Waals surface area (Å²) in [4.78, 5) is 7.07. The van der Waals surface area contributed by atoms with Gasteiger partial charge in [-0.25, -0.2) is 4.98 Å². The Morgan fingerprint density at radius 3 is 2.50 bits per heavy atom. The highest BCUT2D eigenvalue weighted by Gasteiger charge is 2.27. The van der Waals surface area contributed by atoms with Crippen molar-refractivity contribution >= 4 is 5.82 Å². The van der Waals surface area contributed by atoms with Crippen molar-refractivity contribution in [3.05, 3.63) is 23.4 Å². The molecular formula is C15H25N3. The highest BCUT2D eigenvalue weighted by molar-refractivity contribution is 5.48. The molecule has 0 saturated carbocycles. The van der Waals surface area contributed by atoms with Crippen LogP contribution < -0.4 is 10.6 Å². The lowest BCUT2D eigenvalue weighted by molar-refractivity contribution is 0.494. The monoisotopic (exact) mass is 247 g/mol. The maximum Gasteiger partial charge on any atom is 0.131 e. The fourth-order valence-corrected chi connectivity index (χ4v) is 2.74. The number of anilines is 1. The third-order valence-corrected chi connectivity index (χ3v) is 3.95. The van der Waals surface area contributed by atoms with Crippen LogP contribution in [0.3, 0.4) is 0 Å². The van der Waals surface area contributed by atoms with Gasteiger partial charge in [0, 0.05) is 25.3 Å². The van der Waals surface area contributed by atoms with E-state index in [1.165, 1.54) is 11.1 Å². The Morgan fingerprint density at radius 2 is 2.00 bits per heavy atom. The van der Waals surface area contributed by atoms with Crippen molar-refractivity contribution in [3.63, 3.8) is 0 Å². The molecule has 1 aliphatic heterocycles. The Hall–Kier alpha value is -1.09. The summed E-state index contributed by atoms with van der Waals surface area (Å²) in [5.74, 6) is 2.67. The van der Waals surface area contributed by atoms with E-state index in [4.69, 9.17) is 5.73 Å². The van der Waals surface area contributed by atoms with Crippen molar-refractivity contribution in [2.45, 2.75) is 40.2 Å². The molecule has 3 atom stereocenters. The minimum absolute atomic E-state index is 0.198. The van der Waals surface area contributed by atoms with Crippen LogP contribution >= 0.6 is 0 Å². The van der Waals surface area contributed by atoms with Gasteiger partial charge in [-0.1, -0.05) is 19.9 Å². The van der Waals surface area contributed by atoms with E-state index < -0.39 is 0 Å². The number of hydrogen-bond donors (Lipinski definition) is 1. The first-order valence-corrected chi connectivity index (χ1v) is 6.93. The van der Waals surface area contributed by atoms with Gasteiger partial charge >= 0.3 is 0 Å². The summed E-state index contributed by atoms with van der Waals surface area (Å²) in [5.41, 5.74) is 8.35. The fraction of sp³-hybridized carbons (Fsp3) is 0.667. The Bertz CT molecular complexity index is 404. The number of aromatic nitrogens is 1. The Morgan fingerprint density at radius 1 is 1.39 bits per heavy atom. The highest BCUT2D eigenvalue weighted by atomic mass is 15.2. The zero-order valence-electron chi connectivity index (χ0n) is 12.0. The van der Waals surface area contributed by atoms with E-state index in [2.05, 4.69) is 36.7 Å². The zero-order valence-corrected chi connectivity index (χ0v) is 12.0. The second-order valence-corrected chi connectivity index (χ2v) is 6.03. The minimum atomic E-state index is 0.198. The van der Waals surface area contributed by atoms with Crippen molar-refractivity contribution in [1.29, 1.82) is 0 Å². The quantitative estimate of drug-likeness (QED) is 0.891. The molecule has 0 spiro atoms. The second kappa shape index (κ2) is 5.27. The van der Waals surface area contributed by atoms with Crippen LogP contribution in [0.2, 0.25) is 0 Å². The van der Waals surface area contributed by atoms with Gasteiger partial charge in [0.2, 0.25) is 0 Å². The Balaban J connectivity index is 2.15. The van der Waals surface area contributed by atoms with E-state index in [1.807, 2.05) is 13.1 Å². The average Bonchev–Trinajstić information content (AvgIpc) is 2.58. The number of aryl methyl sites for hydroxylation is 1. The third kappa shape index (κ3) is 2.83. The highest BCUT2D eigenvalue weighted by Crippen LogP contribution is 2.28. The Kier molecular flexibility index (Phi) is 3.91. The molecule has 18 heavy (non-hydrogen) atoms. The van der Waals surface area contributed by atoms with E-state index in [0.717, 1.165) is 37.2 Å². The van der Waals surface area contributed by atoms with Gasteiger partial charge in [0.1, 0.15) is 5.82 Å². The number of nitrogens with two attached hydrogens (primary N) is 1. The van der Waals surface area contributed by atoms with E-state index in [-0.39, 0.29) is 6.04 Å². The van der Waals surface area contributed by atoms with Gasteiger partial charge in [0.15, 0.2) is 0 Å². The van der Waals surface area contributed by atoms with Gasteiger partial charge in [-0.05, 0) is 43.2 Å². The van der Waals surface area contributed by atoms with Crippen LogP contribution in [-0.4, -0.2) is 24.1 Å². The lowest BCUT2D eigenvalue weighted by Gasteiger charge is -2.20. The van der Waals surface area contributed by atoms with Crippen molar-refractivity contribution in [2.75, 3.05) is 18.0 Å². The largest absolute Gasteiger partial charge is 0.356 e. The van der Waals surface area contributed by atoms with Gasteiger partial charge < -0.3 is 10.6 Å². The summed E-state index contributed by atoms with van der Waals surface area (Å²) in [5, 5.41) is 0. The van der Waals surface area contributed by atoms with Crippen LogP contribution in [0.4, 0.5) is 5.82 Å². The first-order chi connectivity index (χ1) is 8.47. The number of rotatable bonds is 3. The number of nitrogens with zero attached hydrogens (tertiary/aromatic N) is 2. The van der Waals surface area contributed by atoms with Crippen LogP contribution in [0.5, 0.6) is 0 Å². The number of hydrogen-bond acceptors (Lipinski definition) is 3. The number of pyridine rings is 1. The third-order valence-electron chi connectivity index (χ3n) is 3.95. The standard InChI is InChI=1S/C15H25N3/c1-10-5-14(6-13(4)16)7-17-15(10)18-8-11(2)12(3)9-18/h5,7,11-13H,6,8-9,16H2,1-4H3. The van der Waals surface area contributed by atoms with E-state index in [9.17, 15) is 0 Å². The maximum atomic E-state index is 5.83. The van der Waals surface area contributed by atoms with Crippen LogP contribution in [0.1, 0.15) is 31.9 Å². The zero-order chi connectivity index (χ0) is 13.3. The molecule has 1 aromatic heterocycles. The summed E-state index contributed by atoms with van der Waals surface area (Å²) in [6.07, 6.45) is 2.89. The summed E-state index contributed by atoms with van der Waals surface area (Å²) in [6, 6.07) is 2.43. The molecule has 100 valence electrons. The maximum absolute atomic E-state index is 5.83. The molecule has 1 fully saturated rings. The molecule has 0 bridgehead atoms. The van der Waals surface area contributed by atoms with Crippen molar-refractivity contribution in [3.8, 4) is 0 Å². The molecule has 3 unspecified atom stereocenters.